The maximum absolute atomic E-state index is 5.39. The lowest BCUT2D eigenvalue weighted by molar-refractivity contribution is 0.0230. The predicted molar refractivity (Wildman–Crippen MR) is 73.1 cm³/mol. The van der Waals surface area contributed by atoms with Gasteiger partial charge in [-0.3, -0.25) is 4.98 Å². The molecule has 0 atom stereocenters. The van der Waals surface area contributed by atoms with Crippen molar-refractivity contribution in [2.24, 2.45) is 0 Å². The number of pyridine rings is 1. The predicted octanol–water partition coefficient (Wildman–Crippen LogP) is 2.22. The highest BCUT2D eigenvalue weighted by atomic mass is 16.5. The number of ether oxygens (including phenoxy) is 2. The molecule has 1 N–H and O–H groups in total. The summed E-state index contributed by atoms with van der Waals surface area (Å²) in [7, 11) is 3.42. The third kappa shape index (κ3) is 3.68. The van der Waals surface area contributed by atoms with Crippen molar-refractivity contribution in [2.75, 3.05) is 20.8 Å². The Labute approximate surface area is 110 Å². The maximum Gasteiger partial charge on any atom is 0.128 e. The summed E-state index contributed by atoms with van der Waals surface area (Å²) in [5, 5.41) is 3.36. The van der Waals surface area contributed by atoms with E-state index in [4.69, 9.17) is 9.47 Å². The number of hydrogen-bond donors (Lipinski definition) is 1. The van der Waals surface area contributed by atoms with E-state index >= 15 is 0 Å². The van der Waals surface area contributed by atoms with Gasteiger partial charge in [0.05, 0.1) is 18.4 Å². The van der Waals surface area contributed by atoms with Gasteiger partial charge in [-0.05, 0) is 27.7 Å². The smallest absolute Gasteiger partial charge is 0.128 e. The van der Waals surface area contributed by atoms with Gasteiger partial charge in [0, 0.05) is 37.5 Å². The van der Waals surface area contributed by atoms with Crippen LogP contribution < -0.4 is 10.1 Å². The molecule has 1 aromatic rings. The van der Waals surface area contributed by atoms with E-state index < -0.39 is 0 Å². The average Bonchev–Trinajstić information content (AvgIpc) is 2.33. The van der Waals surface area contributed by atoms with Gasteiger partial charge >= 0.3 is 0 Å². The number of rotatable bonds is 6. The molecule has 102 valence electrons. The van der Waals surface area contributed by atoms with E-state index in [0.29, 0.717) is 0 Å². The minimum absolute atomic E-state index is 0.164. The molecule has 0 bridgehead atoms. The molecule has 4 heteroatoms. The van der Waals surface area contributed by atoms with Crippen LogP contribution in [0.2, 0.25) is 0 Å². The third-order valence-corrected chi connectivity index (χ3v) is 3.15. The fraction of sp³-hybridized carbons (Fsp3) is 0.643. The molecule has 0 saturated carbocycles. The summed E-state index contributed by atoms with van der Waals surface area (Å²) in [6.07, 6.45) is 1.85. The van der Waals surface area contributed by atoms with Crippen LogP contribution in [-0.4, -0.2) is 31.3 Å². The second kappa shape index (κ2) is 6.16. The zero-order valence-corrected chi connectivity index (χ0v) is 12.3. The standard InChI is InChI=1S/C14H24N2O2/c1-10-7-16-12(11(2)13(10)17-5)8-15-9-14(3,4)18-6/h7,15H,8-9H2,1-6H3. The highest BCUT2D eigenvalue weighted by Crippen LogP contribution is 2.23. The van der Waals surface area contributed by atoms with Crippen molar-refractivity contribution in [3.63, 3.8) is 0 Å². The Morgan fingerprint density at radius 2 is 1.94 bits per heavy atom. The molecule has 1 rings (SSSR count). The first-order chi connectivity index (χ1) is 8.41. The van der Waals surface area contributed by atoms with Gasteiger partial charge in [-0.1, -0.05) is 0 Å². The fourth-order valence-electron chi connectivity index (χ4n) is 1.80. The van der Waals surface area contributed by atoms with Crippen molar-refractivity contribution in [2.45, 2.75) is 39.8 Å². The lowest BCUT2D eigenvalue weighted by Crippen LogP contribution is -2.36. The van der Waals surface area contributed by atoms with Crippen LogP contribution in [0.3, 0.4) is 0 Å². The maximum atomic E-state index is 5.39. The second-order valence-corrected chi connectivity index (χ2v) is 5.11. The van der Waals surface area contributed by atoms with Gasteiger partial charge in [0.15, 0.2) is 0 Å². The molecule has 0 aliphatic rings. The van der Waals surface area contributed by atoms with Gasteiger partial charge in [0.2, 0.25) is 0 Å². The second-order valence-electron chi connectivity index (χ2n) is 5.11. The minimum atomic E-state index is -0.164. The van der Waals surface area contributed by atoms with Crippen molar-refractivity contribution in [1.82, 2.24) is 10.3 Å². The third-order valence-electron chi connectivity index (χ3n) is 3.15. The summed E-state index contributed by atoms with van der Waals surface area (Å²) in [4.78, 5) is 4.45. The summed E-state index contributed by atoms with van der Waals surface area (Å²) < 4.78 is 10.8. The number of methoxy groups -OCH3 is 2. The molecule has 1 aromatic heterocycles. The summed E-state index contributed by atoms with van der Waals surface area (Å²) in [5.41, 5.74) is 3.02. The molecular weight excluding hydrogens is 228 g/mol. The van der Waals surface area contributed by atoms with Crippen LogP contribution in [0.1, 0.15) is 30.7 Å². The largest absolute Gasteiger partial charge is 0.496 e. The zero-order valence-electron chi connectivity index (χ0n) is 12.3. The molecule has 1 heterocycles. The Morgan fingerprint density at radius 3 is 2.50 bits per heavy atom. The number of aryl methyl sites for hydroxylation is 1. The van der Waals surface area contributed by atoms with Crippen LogP contribution >= 0.6 is 0 Å². The summed E-state index contributed by atoms with van der Waals surface area (Å²) >= 11 is 0. The van der Waals surface area contributed by atoms with Crippen LogP contribution in [-0.2, 0) is 11.3 Å². The molecule has 0 aliphatic carbocycles. The molecule has 0 unspecified atom stereocenters. The minimum Gasteiger partial charge on any atom is -0.496 e. The van der Waals surface area contributed by atoms with Gasteiger partial charge < -0.3 is 14.8 Å². The molecule has 0 aromatic carbocycles. The molecule has 0 aliphatic heterocycles. The number of aromatic nitrogens is 1. The summed E-state index contributed by atoms with van der Waals surface area (Å²) in [5.74, 6) is 0.924. The lowest BCUT2D eigenvalue weighted by Gasteiger charge is -2.23. The Bertz CT molecular complexity index is 403. The van der Waals surface area contributed by atoms with Gasteiger partial charge in [0.25, 0.3) is 0 Å². The van der Waals surface area contributed by atoms with Gasteiger partial charge in [-0.2, -0.15) is 0 Å². The molecule has 0 amide bonds. The molecule has 0 spiro atoms. The topological polar surface area (TPSA) is 43.4 Å². The normalized spacial score (nSPS) is 11.7. The van der Waals surface area contributed by atoms with E-state index in [1.165, 1.54) is 0 Å². The van der Waals surface area contributed by atoms with E-state index in [-0.39, 0.29) is 5.60 Å². The van der Waals surface area contributed by atoms with Crippen molar-refractivity contribution in [1.29, 1.82) is 0 Å². The van der Waals surface area contributed by atoms with Crippen molar-refractivity contribution in [3.05, 3.63) is 23.0 Å². The first kappa shape index (κ1) is 14.9. The lowest BCUT2D eigenvalue weighted by atomic mass is 10.1. The van der Waals surface area contributed by atoms with Crippen LogP contribution in [0.15, 0.2) is 6.20 Å². The average molecular weight is 252 g/mol. The van der Waals surface area contributed by atoms with Crippen LogP contribution in [0, 0.1) is 13.8 Å². The van der Waals surface area contributed by atoms with E-state index in [1.54, 1.807) is 14.2 Å². The monoisotopic (exact) mass is 252 g/mol. The van der Waals surface area contributed by atoms with E-state index in [9.17, 15) is 0 Å². The molecule has 4 nitrogen and oxygen atoms in total. The molecule has 0 saturated heterocycles. The Hall–Kier alpha value is -1.13. The SMILES string of the molecule is COc1c(C)cnc(CNCC(C)(C)OC)c1C. The molecule has 0 radical (unpaired) electrons. The number of nitrogens with zero attached hydrogens (tertiary/aromatic N) is 1. The number of nitrogens with one attached hydrogen (secondary N) is 1. The summed E-state index contributed by atoms with van der Waals surface area (Å²) in [6, 6.07) is 0. The van der Waals surface area contributed by atoms with Gasteiger partial charge in [-0.25, -0.2) is 0 Å². The quantitative estimate of drug-likeness (QED) is 0.843. The first-order valence-electron chi connectivity index (χ1n) is 6.16. The fourth-order valence-corrected chi connectivity index (χ4v) is 1.80. The van der Waals surface area contributed by atoms with Crippen LogP contribution in [0.25, 0.3) is 0 Å². The van der Waals surface area contributed by atoms with Crippen LogP contribution in [0.5, 0.6) is 5.75 Å². The molecule has 18 heavy (non-hydrogen) atoms. The van der Waals surface area contributed by atoms with Crippen LogP contribution in [0.4, 0.5) is 0 Å². The van der Waals surface area contributed by atoms with E-state index in [2.05, 4.69) is 24.1 Å². The highest BCUT2D eigenvalue weighted by molar-refractivity contribution is 5.40. The van der Waals surface area contributed by atoms with Gasteiger partial charge in [0.1, 0.15) is 5.75 Å². The molecule has 0 fully saturated rings. The number of hydrogen-bond acceptors (Lipinski definition) is 4. The first-order valence-corrected chi connectivity index (χ1v) is 6.16. The Morgan fingerprint density at radius 1 is 1.28 bits per heavy atom. The Kier molecular flexibility index (Phi) is 5.11. The zero-order chi connectivity index (χ0) is 13.8. The summed E-state index contributed by atoms with van der Waals surface area (Å²) in [6.45, 7) is 9.64. The van der Waals surface area contributed by atoms with Crippen molar-refractivity contribution in [3.8, 4) is 5.75 Å². The van der Waals surface area contributed by atoms with E-state index in [1.807, 2.05) is 20.0 Å². The van der Waals surface area contributed by atoms with Crippen molar-refractivity contribution < 1.29 is 9.47 Å². The molecular formula is C14H24N2O2. The highest BCUT2D eigenvalue weighted by Gasteiger charge is 2.16. The Balaban J connectivity index is 2.69. The van der Waals surface area contributed by atoms with Crippen molar-refractivity contribution >= 4 is 0 Å². The van der Waals surface area contributed by atoms with E-state index in [0.717, 1.165) is 35.7 Å². The van der Waals surface area contributed by atoms with Gasteiger partial charge in [-0.15, -0.1) is 0 Å².